The number of nitriles is 1. The second kappa shape index (κ2) is 5.14. The van der Waals surface area contributed by atoms with Gasteiger partial charge in [0.25, 0.3) is 0 Å². The van der Waals surface area contributed by atoms with E-state index in [9.17, 15) is 13.2 Å². The van der Waals surface area contributed by atoms with Gasteiger partial charge in [0.2, 0.25) is 0 Å². The maximum Gasteiger partial charge on any atom is 0.416 e. The van der Waals surface area contributed by atoms with E-state index >= 15 is 0 Å². The van der Waals surface area contributed by atoms with Gasteiger partial charge in [0.05, 0.1) is 17.2 Å². The number of imidazole rings is 1. The van der Waals surface area contributed by atoms with E-state index in [-0.39, 0.29) is 5.65 Å². The van der Waals surface area contributed by atoms with Crippen LogP contribution in [-0.4, -0.2) is 9.38 Å². The number of halogens is 4. The molecule has 22 heavy (non-hydrogen) atoms. The molecule has 0 N–H and O–H groups in total. The van der Waals surface area contributed by atoms with Crippen molar-refractivity contribution in [3.05, 3.63) is 58.3 Å². The predicted molar refractivity (Wildman–Crippen MR) is 78.0 cm³/mol. The van der Waals surface area contributed by atoms with Crippen molar-refractivity contribution in [2.45, 2.75) is 6.18 Å². The summed E-state index contributed by atoms with van der Waals surface area (Å²) in [5.74, 6) is 0. The Bertz CT molecular complexity index is 889. The number of fused-ring (bicyclic) bond motifs is 1. The number of alkyl halides is 3. The number of rotatable bonds is 1. The second-order valence-corrected chi connectivity index (χ2v) is 5.33. The minimum atomic E-state index is -4.41. The van der Waals surface area contributed by atoms with Crippen LogP contribution in [0.1, 0.15) is 11.1 Å². The van der Waals surface area contributed by atoms with Crippen molar-refractivity contribution in [3.8, 4) is 17.3 Å². The van der Waals surface area contributed by atoms with E-state index in [1.54, 1.807) is 24.3 Å². The normalized spacial score (nSPS) is 11.6. The van der Waals surface area contributed by atoms with Gasteiger partial charge in [0.15, 0.2) is 0 Å². The summed E-state index contributed by atoms with van der Waals surface area (Å²) in [5, 5.41) is 8.79. The molecule has 3 nitrogen and oxygen atoms in total. The molecule has 0 fully saturated rings. The fourth-order valence-electron chi connectivity index (χ4n) is 2.08. The third kappa shape index (κ3) is 2.46. The zero-order chi connectivity index (χ0) is 15.9. The van der Waals surface area contributed by atoms with Crippen molar-refractivity contribution in [2.24, 2.45) is 0 Å². The van der Waals surface area contributed by atoms with Crippen LogP contribution in [0, 0.1) is 11.3 Å². The van der Waals surface area contributed by atoms with Gasteiger partial charge in [-0.3, -0.25) is 4.40 Å². The molecule has 110 valence electrons. The molecule has 2 heterocycles. The van der Waals surface area contributed by atoms with Gasteiger partial charge < -0.3 is 0 Å². The van der Waals surface area contributed by atoms with Crippen LogP contribution in [0.3, 0.4) is 0 Å². The van der Waals surface area contributed by atoms with Crippen LogP contribution in [0.4, 0.5) is 13.2 Å². The summed E-state index contributed by atoms with van der Waals surface area (Å²) in [5.41, 5.74) is 1.18. The molecule has 0 saturated carbocycles. The molecule has 0 aliphatic rings. The zero-order valence-electron chi connectivity index (χ0n) is 10.9. The van der Waals surface area contributed by atoms with E-state index in [2.05, 4.69) is 20.9 Å². The number of pyridine rings is 1. The highest BCUT2D eigenvalue weighted by Crippen LogP contribution is 2.33. The molecule has 0 radical (unpaired) electrons. The Kier molecular flexibility index (Phi) is 3.41. The van der Waals surface area contributed by atoms with Gasteiger partial charge in [0.1, 0.15) is 15.9 Å². The van der Waals surface area contributed by atoms with Crippen molar-refractivity contribution in [3.63, 3.8) is 0 Å². The molecule has 0 atom stereocenters. The molecule has 0 amide bonds. The van der Waals surface area contributed by atoms with Gasteiger partial charge in [-0.1, -0.05) is 12.1 Å². The van der Waals surface area contributed by atoms with Gasteiger partial charge in [-0.2, -0.15) is 18.4 Å². The molecule has 3 aromatic rings. The minimum Gasteiger partial charge on any atom is -0.294 e. The summed E-state index contributed by atoms with van der Waals surface area (Å²) in [4.78, 5) is 4.25. The van der Waals surface area contributed by atoms with Crippen LogP contribution in [0.5, 0.6) is 0 Å². The average Bonchev–Trinajstić information content (AvgIpc) is 2.83. The van der Waals surface area contributed by atoms with Crippen LogP contribution in [0.25, 0.3) is 16.9 Å². The Morgan fingerprint density at radius 2 is 1.82 bits per heavy atom. The van der Waals surface area contributed by atoms with Crippen LogP contribution < -0.4 is 0 Å². The first-order chi connectivity index (χ1) is 10.4. The summed E-state index contributed by atoms with van der Waals surface area (Å²) >= 11 is 3.35. The molecular weight excluding hydrogens is 359 g/mol. The highest BCUT2D eigenvalue weighted by molar-refractivity contribution is 9.10. The first-order valence-electron chi connectivity index (χ1n) is 6.15. The number of hydrogen-bond acceptors (Lipinski definition) is 2. The second-order valence-electron chi connectivity index (χ2n) is 4.58. The maximum absolute atomic E-state index is 12.8. The van der Waals surface area contributed by atoms with Gasteiger partial charge in [-0.05, 0) is 40.2 Å². The van der Waals surface area contributed by atoms with Crippen molar-refractivity contribution >= 4 is 21.6 Å². The van der Waals surface area contributed by atoms with Crippen molar-refractivity contribution in [1.82, 2.24) is 9.38 Å². The quantitative estimate of drug-likeness (QED) is 0.629. The molecule has 2 aromatic heterocycles. The lowest BCUT2D eigenvalue weighted by molar-refractivity contribution is -0.137. The molecule has 0 unspecified atom stereocenters. The summed E-state index contributed by atoms with van der Waals surface area (Å²) in [6, 6.07) is 10.7. The number of nitrogens with zero attached hydrogens (tertiary/aromatic N) is 3. The van der Waals surface area contributed by atoms with Crippen molar-refractivity contribution in [2.75, 3.05) is 0 Å². The molecule has 3 rings (SSSR count). The van der Waals surface area contributed by atoms with Gasteiger partial charge in [-0.15, -0.1) is 0 Å². The average molecular weight is 366 g/mol. The first-order valence-corrected chi connectivity index (χ1v) is 6.95. The third-order valence-corrected chi connectivity index (χ3v) is 3.94. The Morgan fingerprint density at radius 3 is 2.41 bits per heavy atom. The SMILES string of the molecule is N#Cc1ccc(-c2nc3cc(C(F)(F)F)ccn3c2Br)cc1. The fourth-order valence-corrected chi connectivity index (χ4v) is 2.69. The minimum absolute atomic E-state index is 0.195. The summed E-state index contributed by atoms with van der Waals surface area (Å²) < 4.78 is 40.3. The topological polar surface area (TPSA) is 41.1 Å². The van der Waals surface area contributed by atoms with E-state index in [4.69, 9.17) is 5.26 Å². The Hall–Kier alpha value is -2.33. The highest BCUT2D eigenvalue weighted by atomic mass is 79.9. The molecule has 0 aliphatic heterocycles. The van der Waals surface area contributed by atoms with Gasteiger partial charge >= 0.3 is 6.18 Å². The summed E-state index contributed by atoms with van der Waals surface area (Å²) in [6.45, 7) is 0. The lowest BCUT2D eigenvalue weighted by Crippen LogP contribution is -2.05. The lowest BCUT2D eigenvalue weighted by atomic mass is 10.1. The maximum atomic E-state index is 12.8. The summed E-state index contributed by atoms with van der Waals surface area (Å²) in [6.07, 6.45) is -3.09. The lowest BCUT2D eigenvalue weighted by Gasteiger charge is -2.06. The molecule has 0 bridgehead atoms. The largest absolute Gasteiger partial charge is 0.416 e. The van der Waals surface area contributed by atoms with E-state index < -0.39 is 11.7 Å². The van der Waals surface area contributed by atoms with Gasteiger partial charge in [-0.25, -0.2) is 4.98 Å². The third-order valence-electron chi connectivity index (χ3n) is 3.18. The summed E-state index contributed by atoms with van der Waals surface area (Å²) in [7, 11) is 0. The Labute approximate surface area is 131 Å². The molecule has 1 aromatic carbocycles. The molecule has 0 spiro atoms. The number of aromatic nitrogens is 2. The smallest absolute Gasteiger partial charge is 0.294 e. The monoisotopic (exact) mass is 365 g/mol. The van der Waals surface area contributed by atoms with E-state index in [0.29, 0.717) is 21.4 Å². The van der Waals surface area contributed by atoms with Crippen LogP contribution >= 0.6 is 15.9 Å². The number of hydrogen-bond donors (Lipinski definition) is 0. The standard InChI is InChI=1S/C15H7BrF3N3/c16-14-13(10-3-1-9(8-20)2-4-10)21-12-7-11(15(17,18)19)5-6-22(12)14/h1-7H. The number of benzene rings is 1. The Balaban J connectivity index is 2.14. The molecule has 0 aliphatic carbocycles. The van der Waals surface area contributed by atoms with E-state index in [1.165, 1.54) is 10.6 Å². The van der Waals surface area contributed by atoms with Crippen molar-refractivity contribution < 1.29 is 13.2 Å². The van der Waals surface area contributed by atoms with Gasteiger partial charge in [0, 0.05) is 11.8 Å². The van der Waals surface area contributed by atoms with Crippen LogP contribution in [-0.2, 0) is 6.18 Å². The first kappa shape index (κ1) is 14.6. The zero-order valence-corrected chi connectivity index (χ0v) is 12.5. The van der Waals surface area contributed by atoms with E-state index in [0.717, 1.165) is 12.1 Å². The molecular formula is C15H7BrF3N3. The van der Waals surface area contributed by atoms with E-state index in [1.807, 2.05) is 6.07 Å². The molecule has 0 saturated heterocycles. The Morgan fingerprint density at radius 1 is 1.14 bits per heavy atom. The highest BCUT2D eigenvalue weighted by Gasteiger charge is 2.31. The van der Waals surface area contributed by atoms with Crippen LogP contribution in [0.2, 0.25) is 0 Å². The van der Waals surface area contributed by atoms with Crippen molar-refractivity contribution in [1.29, 1.82) is 5.26 Å². The predicted octanol–water partition coefficient (Wildman–Crippen LogP) is 4.65. The fraction of sp³-hybridized carbons (Fsp3) is 0.0667. The van der Waals surface area contributed by atoms with Crippen LogP contribution in [0.15, 0.2) is 47.2 Å². The molecule has 7 heteroatoms.